The number of hydrogen-bond donors (Lipinski definition) is 1. The molecule has 0 saturated heterocycles. The minimum Gasteiger partial charge on any atom is -0.306 e. The van der Waals surface area contributed by atoms with Gasteiger partial charge in [0.25, 0.3) is 0 Å². The van der Waals surface area contributed by atoms with Crippen molar-refractivity contribution in [3.63, 3.8) is 0 Å². The number of pyridine rings is 1. The van der Waals surface area contributed by atoms with Crippen LogP contribution in [-0.4, -0.2) is 17.3 Å². The second-order valence-electron chi connectivity index (χ2n) is 3.49. The maximum atomic E-state index is 11.8. The van der Waals surface area contributed by atoms with E-state index in [9.17, 15) is 4.79 Å². The highest BCUT2D eigenvalue weighted by atomic mass is 79.9. The average molecular weight is 311 g/mol. The number of nitrogens with zero attached hydrogens (tertiary/aromatic N) is 1. The molecular formula is C12H11BrN2OS. The van der Waals surface area contributed by atoms with Gasteiger partial charge in [-0.25, -0.2) is 0 Å². The Labute approximate surface area is 112 Å². The van der Waals surface area contributed by atoms with Gasteiger partial charge in [0.2, 0.25) is 0 Å². The number of carbonyl (C=O) groups excluding carboxylic acids is 1. The highest BCUT2D eigenvalue weighted by Crippen LogP contribution is 2.22. The molecule has 0 aliphatic carbocycles. The van der Waals surface area contributed by atoms with Crippen LogP contribution in [0.15, 0.2) is 40.4 Å². The first-order valence-electron chi connectivity index (χ1n) is 5.14. The predicted molar refractivity (Wildman–Crippen MR) is 72.3 cm³/mol. The summed E-state index contributed by atoms with van der Waals surface area (Å²) in [5.41, 5.74) is 1.08. The average Bonchev–Trinajstić information content (AvgIpc) is 2.77. The van der Waals surface area contributed by atoms with Crippen LogP contribution in [0.3, 0.4) is 0 Å². The molecule has 2 aromatic rings. The van der Waals surface area contributed by atoms with Crippen LogP contribution in [0.1, 0.15) is 15.2 Å². The van der Waals surface area contributed by atoms with Gasteiger partial charge in [0.05, 0.1) is 15.2 Å². The summed E-state index contributed by atoms with van der Waals surface area (Å²) in [5, 5.41) is 3.11. The van der Waals surface area contributed by atoms with Crippen LogP contribution < -0.4 is 5.32 Å². The fraction of sp³-hybridized carbons (Fsp3) is 0.167. The maximum Gasteiger partial charge on any atom is 0.186 e. The fourth-order valence-corrected chi connectivity index (χ4v) is 2.70. The van der Waals surface area contributed by atoms with Crippen LogP contribution in [0.2, 0.25) is 0 Å². The number of rotatable bonds is 5. The van der Waals surface area contributed by atoms with Gasteiger partial charge in [0.15, 0.2) is 5.78 Å². The molecule has 0 radical (unpaired) electrons. The van der Waals surface area contributed by atoms with Gasteiger partial charge in [-0.1, -0.05) is 6.07 Å². The van der Waals surface area contributed by atoms with E-state index in [1.54, 1.807) is 12.4 Å². The fourth-order valence-electron chi connectivity index (χ4n) is 1.37. The number of thiophene rings is 1. The first-order chi connectivity index (χ1) is 8.25. The molecule has 5 heteroatoms. The monoisotopic (exact) mass is 310 g/mol. The zero-order valence-electron chi connectivity index (χ0n) is 9.02. The van der Waals surface area contributed by atoms with E-state index in [1.807, 2.05) is 24.3 Å². The summed E-state index contributed by atoms with van der Waals surface area (Å²) in [5.74, 6) is 0.115. The quantitative estimate of drug-likeness (QED) is 0.863. The lowest BCUT2D eigenvalue weighted by atomic mass is 10.2. The van der Waals surface area contributed by atoms with Gasteiger partial charge in [-0.2, -0.15) is 0 Å². The number of carbonyl (C=O) groups is 1. The molecule has 0 amide bonds. The Kier molecular flexibility index (Phi) is 4.42. The molecule has 2 rings (SSSR count). The first kappa shape index (κ1) is 12.4. The van der Waals surface area contributed by atoms with Crippen LogP contribution in [0.4, 0.5) is 0 Å². The summed E-state index contributed by atoms with van der Waals surface area (Å²) < 4.78 is 0.980. The molecule has 0 atom stereocenters. The van der Waals surface area contributed by atoms with Crippen LogP contribution in [0, 0.1) is 0 Å². The van der Waals surface area contributed by atoms with E-state index >= 15 is 0 Å². The topological polar surface area (TPSA) is 42.0 Å². The zero-order chi connectivity index (χ0) is 12.1. The number of nitrogens with one attached hydrogen (secondary N) is 1. The summed E-state index contributed by atoms with van der Waals surface area (Å²) >= 11 is 4.80. The number of hydrogen-bond acceptors (Lipinski definition) is 4. The molecule has 2 heterocycles. The molecule has 2 aromatic heterocycles. The van der Waals surface area contributed by atoms with E-state index in [4.69, 9.17) is 0 Å². The molecule has 0 aromatic carbocycles. The van der Waals surface area contributed by atoms with E-state index in [-0.39, 0.29) is 5.78 Å². The molecule has 0 fully saturated rings. The van der Waals surface area contributed by atoms with E-state index < -0.39 is 0 Å². The Hall–Kier alpha value is -1.04. The highest BCUT2D eigenvalue weighted by Gasteiger charge is 2.07. The third-order valence-corrected chi connectivity index (χ3v) is 3.85. The molecule has 0 saturated carbocycles. The number of halogens is 1. The molecule has 0 aliphatic heterocycles. The molecule has 0 unspecified atom stereocenters. The lowest BCUT2D eigenvalue weighted by molar-refractivity contribution is 0.0994. The Morgan fingerprint density at radius 1 is 1.41 bits per heavy atom. The van der Waals surface area contributed by atoms with Crippen LogP contribution >= 0.6 is 27.3 Å². The van der Waals surface area contributed by atoms with Gasteiger partial charge in [-0.3, -0.25) is 9.78 Å². The van der Waals surface area contributed by atoms with Gasteiger partial charge >= 0.3 is 0 Å². The van der Waals surface area contributed by atoms with Gasteiger partial charge in [-0.05, 0) is 39.7 Å². The van der Waals surface area contributed by atoms with Gasteiger partial charge < -0.3 is 5.32 Å². The first-order valence-corrected chi connectivity index (χ1v) is 6.75. The van der Waals surface area contributed by atoms with E-state index in [0.29, 0.717) is 13.1 Å². The standard InChI is InChI=1S/C12H11BrN2OS/c13-12-4-3-11(17-12)10(16)8-15-7-9-2-1-5-14-6-9/h1-6,15H,7-8H2. The maximum absolute atomic E-state index is 11.8. The van der Waals surface area contributed by atoms with Crippen molar-refractivity contribution in [2.45, 2.75) is 6.54 Å². The van der Waals surface area contributed by atoms with E-state index in [1.165, 1.54) is 11.3 Å². The lowest BCUT2D eigenvalue weighted by Gasteiger charge is -2.02. The normalized spacial score (nSPS) is 10.4. The van der Waals surface area contributed by atoms with Crippen LogP contribution in [-0.2, 0) is 6.54 Å². The summed E-state index contributed by atoms with van der Waals surface area (Å²) in [7, 11) is 0. The van der Waals surface area contributed by atoms with Crippen molar-refractivity contribution in [1.82, 2.24) is 10.3 Å². The molecule has 17 heavy (non-hydrogen) atoms. The molecule has 0 aliphatic rings. The second kappa shape index (κ2) is 6.05. The van der Waals surface area contributed by atoms with Crippen LogP contribution in [0.5, 0.6) is 0 Å². The number of ketones is 1. The Morgan fingerprint density at radius 2 is 2.29 bits per heavy atom. The highest BCUT2D eigenvalue weighted by molar-refractivity contribution is 9.11. The molecule has 1 N–H and O–H groups in total. The second-order valence-corrected chi connectivity index (χ2v) is 5.95. The molecule has 88 valence electrons. The van der Waals surface area contributed by atoms with Crippen molar-refractivity contribution in [1.29, 1.82) is 0 Å². The van der Waals surface area contributed by atoms with Crippen molar-refractivity contribution >= 4 is 33.0 Å². The molecular weight excluding hydrogens is 300 g/mol. The van der Waals surface area contributed by atoms with Gasteiger partial charge in [0.1, 0.15) is 0 Å². The largest absolute Gasteiger partial charge is 0.306 e. The smallest absolute Gasteiger partial charge is 0.186 e. The van der Waals surface area contributed by atoms with Crippen LogP contribution in [0.25, 0.3) is 0 Å². The van der Waals surface area contributed by atoms with E-state index in [0.717, 1.165) is 14.2 Å². The summed E-state index contributed by atoms with van der Waals surface area (Å²) in [6.45, 7) is 1.01. The number of Topliss-reactive ketones (excluding diaryl/α,β-unsaturated/α-hetero) is 1. The summed E-state index contributed by atoms with van der Waals surface area (Å²) in [4.78, 5) is 16.5. The van der Waals surface area contributed by atoms with Crippen molar-refractivity contribution in [3.8, 4) is 0 Å². The Bertz CT molecular complexity index is 498. The third kappa shape index (κ3) is 3.73. The van der Waals surface area contributed by atoms with Crippen molar-refractivity contribution < 1.29 is 4.79 Å². The Morgan fingerprint density at radius 3 is 2.94 bits per heavy atom. The summed E-state index contributed by atoms with van der Waals surface area (Å²) in [6.07, 6.45) is 3.52. The van der Waals surface area contributed by atoms with Gasteiger partial charge in [-0.15, -0.1) is 11.3 Å². The van der Waals surface area contributed by atoms with Crippen molar-refractivity contribution in [3.05, 3.63) is 50.9 Å². The SMILES string of the molecule is O=C(CNCc1cccnc1)c1ccc(Br)s1. The van der Waals surface area contributed by atoms with Crippen molar-refractivity contribution in [2.24, 2.45) is 0 Å². The number of aromatic nitrogens is 1. The minimum atomic E-state index is 0.115. The summed E-state index contributed by atoms with van der Waals surface area (Å²) in [6, 6.07) is 7.59. The molecule has 3 nitrogen and oxygen atoms in total. The predicted octanol–water partition coefficient (Wildman–Crippen LogP) is 2.88. The minimum absolute atomic E-state index is 0.115. The Balaban J connectivity index is 1.81. The zero-order valence-corrected chi connectivity index (χ0v) is 11.4. The lowest BCUT2D eigenvalue weighted by Crippen LogP contribution is -2.22. The molecule has 0 bridgehead atoms. The van der Waals surface area contributed by atoms with E-state index in [2.05, 4.69) is 26.2 Å². The van der Waals surface area contributed by atoms with Gasteiger partial charge in [0, 0.05) is 18.9 Å². The molecule has 0 spiro atoms. The third-order valence-electron chi connectivity index (χ3n) is 2.19. The van der Waals surface area contributed by atoms with Crippen molar-refractivity contribution in [2.75, 3.05) is 6.54 Å².